The molecule has 0 unspecified atom stereocenters. The molecule has 0 saturated carbocycles. The lowest BCUT2D eigenvalue weighted by molar-refractivity contribution is -0.152. The van der Waals surface area contributed by atoms with Crippen molar-refractivity contribution in [3.8, 4) is 6.07 Å². The Kier molecular flexibility index (Phi) is 6.61. The number of anilines is 1. The lowest BCUT2D eigenvalue weighted by Gasteiger charge is -2.17. The maximum absolute atomic E-state index is 12.2. The van der Waals surface area contributed by atoms with Crippen molar-refractivity contribution in [3.63, 3.8) is 0 Å². The van der Waals surface area contributed by atoms with Crippen LogP contribution in [-0.2, 0) is 14.3 Å². The van der Waals surface area contributed by atoms with E-state index in [0.29, 0.717) is 11.3 Å². The molecule has 0 aromatic heterocycles. The summed E-state index contributed by atoms with van der Waals surface area (Å²) in [6, 6.07) is 18.1. The first kappa shape index (κ1) is 18.6. The maximum Gasteiger partial charge on any atom is 0.319 e. The molecule has 0 fully saturated rings. The first-order chi connectivity index (χ1) is 12.0. The molecule has 0 bridgehead atoms. The number of carbonyl (C=O) groups excluding carboxylic acids is 2. The van der Waals surface area contributed by atoms with Gasteiger partial charge in [-0.15, -0.1) is 11.8 Å². The second-order valence-electron chi connectivity index (χ2n) is 5.30. The quantitative estimate of drug-likeness (QED) is 0.633. The second-order valence-corrected chi connectivity index (χ2v) is 6.71. The van der Waals surface area contributed by atoms with E-state index in [2.05, 4.69) is 5.32 Å². The molecule has 0 saturated heterocycles. The minimum atomic E-state index is -0.960. The SMILES string of the molecule is C[C@@H](OC(=O)[C@@H](C)Sc1ccccc1)C(=O)Nc1ccccc1C#N. The Balaban J connectivity index is 1.92. The summed E-state index contributed by atoms with van der Waals surface area (Å²) in [5, 5.41) is 11.2. The number of rotatable bonds is 6. The standard InChI is InChI=1S/C19H18N2O3S/c1-13(18(22)21-17-11-7-6-8-15(17)12-20)24-19(23)14(2)25-16-9-4-3-5-10-16/h3-11,13-14H,1-2H3,(H,21,22)/t13-,14-/m1/s1. The van der Waals surface area contributed by atoms with Crippen LogP contribution in [0.4, 0.5) is 5.69 Å². The molecule has 2 rings (SSSR count). The third-order valence-electron chi connectivity index (χ3n) is 3.36. The lowest BCUT2D eigenvalue weighted by atomic mass is 10.2. The minimum Gasteiger partial charge on any atom is -0.452 e. The summed E-state index contributed by atoms with van der Waals surface area (Å²) < 4.78 is 5.24. The Bertz CT molecular complexity index is 787. The number of nitrogens with one attached hydrogen (secondary N) is 1. The summed E-state index contributed by atoms with van der Waals surface area (Å²) in [6.07, 6.45) is -0.960. The summed E-state index contributed by atoms with van der Waals surface area (Å²) >= 11 is 1.37. The highest BCUT2D eigenvalue weighted by atomic mass is 32.2. The number of ether oxygens (including phenoxy) is 1. The predicted octanol–water partition coefficient (Wildman–Crippen LogP) is 3.61. The zero-order valence-corrected chi connectivity index (χ0v) is 14.7. The molecule has 0 aliphatic carbocycles. The number of benzene rings is 2. The van der Waals surface area contributed by atoms with Crippen molar-refractivity contribution >= 4 is 29.3 Å². The van der Waals surface area contributed by atoms with Gasteiger partial charge in [0.1, 0.15) is 11.3 Å². The van der Waals surface area contributed by atoms with Gasteiger partial charge >= 0.3 is 5.97 Å². The Hall–Kier alpha value is -2.78. The molecule has 1 amide bonds. The van der Waals surface area contributed by atoms with Gasteiger partial charge in [-0.2, -0.15) is 5.26 Å². The highest BCUT2D eigenvalue weighted by molar-refractivity contribution is 8.00. The lowest BCUT2D eigenvalue weighted by Crippen LogP contribution is -2.32. The molecule has 0 spiro atoms. The highest BCUT2D eigenvalue weighted by Gasteiger charge is 2.23. The average molecular weight is 354 g/mol. The number of thioether (sulfide) groups is 1. The first-order valence-corrected chi connectivity index (χ1v) is 8.61. The maximum atomic E-state index is 12.2. The summed E-state index contributed by atoms with van der Waals surface area (Å²) in [6.45, 7) is 3.23. The molecular weight excluding hydrogens is 336 g/mol. The Morgan fingerprint density at radius 3 is 2.40 bits per heavy atom. The van der Waals surface area contributed by atoms with E-state index in [1.807, 2.05) is 36.4 Å². The van der Waals surface area contributed by atoms with Gasteiger partial charge in [0.15, 0.2) is 6.10 Å². The average Bonchev–Trinajstić information content (AvgIpc) is 2.62. The van der Waals surface area contributed by atoms with E-state index in [0.717, 1.165) is 4.90 Å². The molecule has 6 heteroatoms. The molecule has 25 heavy (non-hydrogen) atoms. The van der Waals surface area contributed by atoms with Crippen molar-refractivity contribution in [1.29, 1.82) is 5.26 Å². The number of hydrogen-bond donors (Lipinski definition) is 1. The van der Waals surface area contributed by atoms with E-state index < -0.39 is 23.2 Å². The van der Waals surface area contributed by atoms with Crippen molar-refractivity contribution in [2.45, 2.75) is 30.1 Å². The topological polar surface area (TPSA) is 79.2 Å². The zero-order chi connectivity index (χ0) is 18.2. The molecule has 1 N–H and O–H groups in total. The van der Waals surface area contributed by atoms with Crippen molar-refractivity contribution in [2.24, 2.45) is 0 Å². The molecule has 2 aromatic carbocycles. The fourth-order valence-electron chi connectivity index (χ4n) is 2.00. The molecule has 128 valence electrons. The number of nitrogens with zero attached hydrogens (tertiary/aromatic N) is 1. The molecule has 0 heterocycles. The number of amides is 1. The zero-order valence-electron chi connectivity index (χ0n) is 13.9. The van der Waals surface area contributed by atoms with Gasteiger partial charge in [-0.25, -0.2) is 0 Å². The predicted molar refractivity (Wildman–Crippen MR) is 97.1 cm³/mol. The second kappa shape index (κ2) is 8.90. The van der Waals surface area contributed by atoms with Crippen LogP contribution in [0, 0.1) is 11.3 Å². The smallest absolute Gasteiger partial charge is 0.319 e. The Morgan fingerprint density at radius 2 is 1.72 bits per heavy atom. The van der Waals surface area contributed by atoms with Gasteiger partial charge in [0.2, 0.25) is 0 Å². The largest absolute Gasteiger partial charge is 0.452 e. The normalized spacial score (nSPS) is 12.5. The van der Waals surface area contributed by atoms with Gasteiger partial charge in [-0.1, -0.05) is 30.3 Å². The molecule has 0 aliphatic heterocycles. The van der Waals surface area contributed by atoms with Crippen LogP contribution in [-0.4, -0.2) is 23.2 Å². The fraction of sp³-hybridized carbons (Fsp3) is 0.211. The Labute approximate surface area is 151 Å². The summed E-state index contributed by atoms with van der Waals surface area (Å²) in [5.74, 6) is -0.946. The van der Waals surface area contributed by atoms with Gasteiger partial charge in [-0.05, 0) is 38.1 Å². The van der Waals surface area contributed by atoms with E-state index >= 15 is 0 Å². The molecule has 2 atom stereocenters. The van der Waals surface area contributed by atoms with E-state index in [1.54, 1.807) is 31.2 Å². The number of hydrogen-bond acceptors (Lipinski definition) is 5. The van der Waals surface area contributed by atoms with Crippen LogP contribution in [0.2, 0.25) is 0 Å². The van der Waals surface area contributed by atoms with Crippen LogP contribution in [0.15, 0.2) is 59.5 Å². The van der Waals surface area contributed by atoms with Gasteiger partial charge in [-0.3, -0.25) is 9.59 Å². The van der Waals surface area contributed by atoms with E-state index in [1.165, 1.54) is 18.7 Å². The first-order valence-electron chi connectivity index (χ1n) is 7.73. The van der Waals surface area contributed by atoms with Gasteiger partial charge in [0.05, 0.1) is 11.3 Å². The van der Waals surface area contributed by atoms with Gasteiger partial charge < -0.3 is 10.1 Å². The van der Waals surface area contributed by atoms with Crippen molar-refractivity contribution in [3.05, 3.63) is 60.2 Å². The third-order valence-corrected chi connectivity index (χ3v) is 4.45. The van der Waals surface area contributed by atoms with Crippen LogP contribution in [0.5, 0.6) is 0 Å². The highest BCUT2D eigenvalue weighted by Crippen LogP contribution is 2.24. The Morgan fingerprint density at radius 1 is 1.08 bits per heavy atom. The van der Waals surface area contributed by atoms with Gasteiger partial charge in [0, 0.05) is 4.90 Å². The molecule has 0 aliphatic rings. The van der Waals surface area contributed by atoms with Crippen molar-refractivity contribution in [2.75, 3.05) is 5.32 Å². The summed E-state index contributed by atoms with van der Waals surface area (Å²) in [5.41, 5.74) is 0.743. The van der Waals surface area contributed by atoms with Gasteiger partial charge in [0.25, 0.3) is 5.91 Å². The fourth-order valence-corrected chi connectivity index (χ4v) is 2.87. The number of esters is 1. The van der Waals surface area contributed by atoms with Crippen molar-refractivity contribution in [1.82, 2.24) is 0 Å². The van der Waals surface area contributed by atoms with Crippen LogP contribution in [0.25, 0.3) is 0 Å². The summed E-state index contributed by atoms with van der Waals surface area (Å²) in [7, 11) is 0. The molecule has 2 aromatic rings. The number of para-hydroxylation sites is 1. The van der Waals surface area contributed by atoms with Crippen LogP contribution < -0.4 is 5.32 Å². The minimum absolute atomic E-state index is 0.349. The molecule has 0 radical (unpaired) electrons. The monoisotopic (exact) mass is 354 g/mol. The van der Waals surface area contributed by atoms with E-state index in [4.69, 9.17) is 10.00 Å². The van der Waals surface area contributed by atoms with E-state index in [9.17, 15) is 9.59 Å². The number of carbonyl (C=O) groups is 2. The summed E-state index contributed by atoms with van der Waals surface area (Å²) in [4.78, 5) is 25.3. The third kappa shape index (κ3) is 5.37. The van der Waals surface area contributed by atoms with Crippen LogP contribution >= 0.6 is 11.8 Å². The van der Waals surface area contributed by atoms with Crippen LogP contribution in [0.3, 0.4) is 0 Å². The molecular formula is C19H18N2O3S. The van der Waals surface area contributed by atoms with Crippen LogP contribution in [0.1, 0.15) is 19.4 Å². The van der Waals surface area contributed by atoms with Crippen molar-refractivity contribution < 1.29 is 14.3 Å². The number of nitriles is 1. The van der Waals surface area contributed by atoms with E-state index in [-0.39, 0.29) is 0 Å². The molecule has 5 nitrogen and oxygen atoms in total.